The van der Waals surface area contributed by atoms with Gasteiger partial charge in [0.05, 0.1) is 5.69 Å². The Morgan fingerprint density at radius 3 is 2.60 bits per heavy atom. The number of aromatic nitrogens is 1. The van der Waals surface area contributed by atoms with Crippen LogP contribution in [0, 0.1) is 5.82 Å². The van der Waals surface area contributed by atoms with Gasteiger partial charge in [0.2, 0.25) is 5.78 Å². The number of pyridine rings is 1. The minimum Gasteiger partial charge on any atom is -0.397 e. The van der Waals surface area contributed by atoms with Crippen molar-refractivity contribution in [1.82, 2.24) is 9.88 Å². The first-order valence-electron chi connectivity index (χ1n) is 9.81. The number of hydrogen-bond acceptors (Lipinski definition) is 5. The first kappa shape index (κ1) is 18.9. The molecule has 30 heavy (non-hydrogen) atoms. The Labute approximate surface area is 177 Å². The van der Waals surface area contributed by atoms with Crippen LogP contribution < -0.4 is 5.73 Å². The number of nitrogen functional groups attached to an aromatic ring is 1. The van der Waals surface area contributed by atoms with Gasteiger partial charge in [0.15, 0.2) is 0 Å². The molecule has 0 atom stereocenters. The Morgan fingerprint density at radius 2 is 1.87 bits per heavy atom. The van der Waals surface area contributed by atoms with Crippen molar-refractivity contribution in [1.29, 1.82) is 0 Å². The summed E-state index contributed by atoms with van der Waals surface area (Å²) in [6, 6.07) is 15.6. The summed E-state index contributed by atoms with van der Waals surface area (Å²) >= 11 is 1.34. The zero-order chi connectivity index (χ0) is 20.8. The Morgan fingerprint density at radius 1 is 1.13 bits per heavy atom. The maximum absolute atomic E-state index is 13.6. The number of fused-ring (bicyclic) bond motifs is 2. The Kier molecular flexibility index (Phi) is 4.60. The van der Waals surface area contributed by atoms with Crippen LogP contribution in [0.3, 0.4) is 0 Å². The van der Waals surface area contributed by atoms with Gasteiger partial charge in [-0.3, -0.25) is 4.79 Å². The van der Waals surface area contributed by atoms with E-state index in [1.807, 2.05) is 18.2 Å². The molecule has 4 aromatic rings. The molecule has 2 N–H and O–H groups in total. The van der Waals surface area contributed by atoms with Crippen molar-refractivity contribution < 1.29 is 9.18 Å². The zero-order valence-corrected chi connectivity index (χ0v) is 17.3. The monoisotopic (exact) mass is 417 g/mol. The number of benzene rings is 2. The average Bonchev–Trinajstić information content (AvgIpc) is 3.09. The number of anilines is 1. The highest BCUT2D eigenvalue weighted by Crippen LogP contribution is 2.43. The van der Waals surface area contributed by atoms with Crippen molar-refractivity contribution >= 4 is 33.0 Å². The Hall–Kier alpha value is -3.09. The van der Waals surface area contributed by atoms with Gasteiger partial charge in [-0.15, -0.1) is 11.3 Å². The van der Waals surface area contributed by atoms with E-state index in [2.05, 4.69) is 11.9 Å². The summed E-state index contributed by atoms with van der Waals surface area (Å²) < 4.78 is 13.6. The van der Waals surface area contributed by atoms with Gasteiger partial charge in [0.25, 0.3) is 0 Å². The van der Waals surface area contributed by atoms with Gasteiger partial charge >= 0.3 is 0 Å². The van der Waals surface area contributed by atoms with Crippen molar-refractivity contribution in [2.75, 3.05) is 19.3 Å². The van der Waals surface area contributed by atoms with Crippen LogP contribution in [0.25, 0.3) is 21.3 Å². The standard InChI is InChI=1S/C24H20FN3OS/c1-28-12-11-18-17(13-28)19(14-7-9-16(25)10-8-14)20-21(26)23(30-24(20)27-18)22(29)15-5-3-2-4-6-15/h2-10H,11-13,26H2,1H3. The molecule has 0 aliphatic carbocycles. The van der Waals surface area contributed by atoms with E-state index >= 15 is 0 Å². The molecule has 150 valence electrons. The number of thiophene rings is 1. The maximum Gasteiger partial charge on any atom is 0.205 e. The maximum atomic E-state index is 13.6. The molecule has 0 spiro atoms. The van der Waals surface area contributed by atoms with Crippen LogP contribution in [-0.2, 0) is 13.0 Å². The molecule has 4 nitrogen and oxygen atoms in total. The van der Waals surface area contributed by atoms with Crippen LogP contribution in [0.5, 0.6) is 0 Å². The number of hydrogen-bond donors (Lipinski definition) is 1. The van der Waals surface area contributed by atoms with Crippen molar-refractivity contribution in [3.63, 3.8) is 0 Å². The molecule has 0 amide bonds. The zero-order valence-electron chi connectivity index (χ0n) is 16.5. The van der Waals surface area contributed by atoms with Crippen LogP contribution in [-0.4, -0.2) is 29.3 Å². The third-order valence-corrected chi connectivity index (χ3v) is 6.69. The summed E-state index contributed by atoms with van der Waals surface area (Å²) in [6.07, 6.45) is 0.829. The van der Waals surface area contributed by atoms with E-state index in [0.717, 1.165) is 52.1 Å². The van der Waals surface area contributed by atoms with E-state index in [-0.39, 0.29) is 11.6 Å². The largest absolute Gasteiger partial charge is 0.397 e. The predicted molar refractivity (Wildman–Crippen MR) is 119 cm³/mol. The summed E-state index contributed by atoms with van der Waals surface area (Å²) in [5, 5.41) is 0.792. The lowest BCUT2D eigenvalue weighted by Crippen LogP contribution is -2.27. The van der Waals surface area contributed by atoms with E-state index in [4.69, 9.17) is 10.7 Å². The summed E-state index contributed by atoms with van der Waals surface area (Å²) in [4.78, 5) is 21.5. The van der Waals surface area contributed by atoms with E-state index in [0.29, 0.717) is 16.1 Å². The molecule has 0 fully saturated rings. The molecule has 2 aromatic heterocycles. The minimum absolute atomic E-state index is 0.101. The lowest BCUT2D eigenvalue weighted by molar-refractivity contribution is 0.104. The number of rotatable bonds is 3. The third-order valence-electron chi connectivity index (χ3n) is 5.60. The topological polar surface area (TPSA) is 59.2 Å². The normalized spacial score (nSPS) is 14.1. The lowest BCUT2D eigenvalue weighted by atomic mass is 9.92. The van der Waals surface area contributed by atoms with E-state index in [1.54, 1.807) is 24.3 Å². The van der Waals surface area contributed by atoms with Gasteiger partial charge in [-0.25, -0.2) is 9.37 Å². The fourth-order valence-electron chi connectivity index (χ4n) is 4.08. The van der Waals surface area contributed by atoms with E-state index in [9.17, 15) is 9.18 Å². The highest BCUT2D eigenvalue weighted by Gasteiger charge is 2.27. The minimum atomic E-state index is -0.284. The Bertz CT molecular complexity index is 1270. The molecular weight excluding hydrogens is 397 g/mol. The lowest BCUT2D eigenvalue weighted by Gasteiger charge is -2.27. The van der Waals surface area contributed by atoms with Gasteiger partial charge in [0.1, 0.15) is 15.5 Å². The first-order valence-corrected chi connectivity index (χ1v) is 10.6. The molecule has 1 aliphatic heterocycles. The molecule has 0 bridgehead atoms. The number of carbonyl (C=O) groups is 1. The fraction of sp³-hybridized carbons (Fsp3) is 0.167. The highest BCUT2D eigenvalue weighted by molar-refractivity contribution is 7.21. The number of nitrogens with two attached hydrogens (primary N) is 1. The smallest absolute Gasteiger partial charge is 0.205 e. The predicted octanol–water partition coefficient (Wildman–Crippen LogP) is 4.90. The first-order chi connectivity index (χ1) is 14.5. The molecule has 0 saturated carbocycles. The second-order valence-corrected chi connectivity index (χ2v) is 8.63. The number of halogens is 1. The highest BCUT2D eigenvalue weighted by atomic mass is 32.1. The summed E-state index contributed by atoms with van der Waals surface area (Å²) in [7, 11) is 2.07. The molecule has 5 rings (SSSR count). The fourth-order valence-corrected chi connectivity index (χ4v) is 5.17. The molecule has 1 aliphatic rings. The number of ketones is 1. The summed E-state index contributed by atoms with van der Waals surface area (Å²) in [5.41, 5.74) is 11.6. The van der Waals surface area contributed by atoms with Crippen molar-refractivity contribution in [2.24, 2.45) is 0 Å². The van der Waals surface area contributed by atoms with Gasteiger partial charge in [0, 0.05) is 41.7 Å². The quantitative estimate of drug-likeness (QED) is 0.482. The van der Waals surface area contributed by atoms with Crippen LogP contribution in [0.1, 0.15) is 26.5 Å². The van der Waals surface area contributed by atoms with Crippen LogP contribution in [0.4, 0.5) is 10.1 Å². The van der Waals surface area contributed by atoms with Gasteiger partial charge in [-0.1, -0.05) is 42.5 Å². The third kappa shape index (κ3) is 3.09. The SMILES string of the molecule is CN1CCc2nc3sc(C(=O)c4ccccc4)c(N)c3c(-c3ccc(F)cc3)c2C1. The van der Waals surface area contributed by atoms with Crippen LogP contribution in [0.15, 0.2) is 54.6 Å². The van der Waals surface area contributed by atoms with E-state index in [1.165, 1.54) is 23.5 Å². The molecule has 0 saturated heterocycles. The second-order valence-electron chi connectivity index (χ2n) is 7.63. The average molecular weight is 418 g/mol. The molecule has 2 aromatic carbocycles. The number of nitrogens with zero attached hydrogens (tertiary/aromatic N) is 2. The Balaban J connectivity index is 1.79. The summed E-state index contributed by atoms with van der Waals surface area (Å²) in [6.45, 7) is 1.66. The molecule has 6 heteroatoms. The second kappa shape index (κ2) is 7.31. The van der Waals surface area contributed by atoms with Gasteiger partial charge < -0.3 is 10.6 Å². The van der Waals surface area contributed by atoms with Crippen molar-refractivity contribution in [3.05, 3.63) is 82.1 Å². The van der Waals surface area contributed by atoms with Crippen LogP contribution >= 0.6 is 11.3 Å². The van der Waals surface area contributed by atoms with Gasteiger partial charge in [-0.2, -0.15) is 0 Å². The molecule has 0 radical (unpaired) electrons. The number of carbonyl (C=O) groups excluding carboxylic acids is 1. The molecular formula is C24H20FN3OS. The van der Waals surface area contributed by atoms with Crippen LogP contribution in [0.2, 0.25) is 0 Å². The molecule has 3 heterocycles. The van der Waals surface area contributed by atoms with Crippen molar-refractivity contribution in [3.8, 4) is 11.1 Å². The van der Waals surface area contributed by atoms with E-state index < -0.39 is 0 Å². The van der Waals surface area contributed by atoms with Gasteiger partial charge in [-0.05, 0) is 30.3 Å². The molecule has 0 unspecified atom stereocenters. The number of likely N-dealkylation sites (N-methyl/N-ethyl adjacent to an activating group) is 1. The summed E-state index contributed by atoms with van der Waals surface area (Å²) in [5.74, 6) is -0.385. The van der Waals surface area contributed by atoms with Crippen molar-refractivity contribution in [2.45, 2.75) is 13.0 Å².